The minimum atomic E-state index is -0.835. The number of carbonyl (C=O) groups is 2. The van der Waals surface area contributed by atoms with Gasteiger partial charge in [-0.2, -0.15) is 11.3 Å². The van der Waals surface area contributed by atoms with Crippen LogP contribution in [0, 0.1) is 12.8 Å². The normalized spacial score (nSPS) is 16.2. The summed E-state index contributed by atoms with van der Waals surface area (Å²) in [5.41, 5.74) is 3.11. The number of nitrogens with zero attached hydrogens (tertiary/aromatic N) is 2. The Morgan fingerprint density at radius 3 is 2.58 bits per heavy atom. The van der Waals surface area contributed by atoms with Crippen molar-refractivity contribution in [1.82, 2.24) is 9.88 Å². The fourth-order valence-corrected chi connectivity index (χ4v) is 3.32. The molecule has 3 rings (SSSR count). The fourth-order valence-electron chi connectivity index (χ4n) is 2.67. The number of pyridine rings is 1. The van der Waals surface area contributed by atoms with Crippen molar-refractivity contribution < 1.29 is 14.7 Å². The van der Waals surface area contributed by atoms with Gasteiger partial charge in [-0.05, 0) is 36.9 Å². The summed E-state index contributed by atoms with van der Waals surface area (Å²) in [6.07, 6.45) is 0.514. The van der Waals surface area contributed by atoms with Gasteiger partial charge in [-0.1, -0.05) is 0 Å². The Morgan fingerprint density at radius 1 is 1.29 bits per heavy atom. The third-order valence-electron chi connectivity index (χ3n) is 3.96. The zero-order valence-corrected chi connectivity index (χ0v) is 15.4. The lowest BCUT2D eigenvalue weighted by Crippen LogP contribution is -2.30. The Kier molecular flexibility index (Phi) is 7.20. The van der Waals surface area contributed by atoms with Crippen molar-refractivity contribution in [3.05, 3.63) is 40.2 Å². The van der Waals surface area contributed by atoms with Gasteiger partial charge in [0.1, 0.15) is 0 Å². The monoisotopic (exact) mass is 388 g/mol. The zero-order chi connectivity index (χ0) is 15.7. The minimum Gasteiger partial charge on any atom is -0.481 e. The third-order valence-corrected chi connectivity index (χ3v) is 4.64. The Labute approximate surface area is 156 Å². The first-order valence-electron chi connectivity index (χ1n) is 7.08. The molecule has 1 N–H and O–H groups in total. The van der Waals surface area contributed by atoms with Crippen molar-refractivity contribution >= 4 is 48.0 Å². The van der Waals surface area contributed by atoms with Crippen molar-refractivity contribution in [1.29, 1.82) is 0 Å². The zero-order valence-electron chi connectivity index (χ0n) is 13.0. The van der Waals surface area contributed by atoms with E-state index in [1.807, 2.05) is 29.8 Å². The summed E-state index contributed by atoms with van der Waals surface area (Å²) in [6, 6.07) is 5.62. The van der Waals surface area contributed by atoms with E-state index in [4.69, 9.17) is 5.11 Å². The Bertz CT molecular complexity index is 722. The molecular weight excluding hydrogens is 371 g/mol. The molecule has 5 nitrogen and oxygen atoms in total. The highest BCUT2D eigenvalue weighted by molar-refractivity contribution is 7.08. The number of carboxylic acids is 1. The highest BCUT2D eigenvalue weighted by Crippen LogP contribution is 2.24. The molecule has 0 bridgehead atoms. The average Bonchev–Trinajstić information content (AvgIpc) is 3.18. The Balaban J connectivity index is 0.00000144. The maximum atomic E-state index is 12.5. The fraction of sp³-hybridized carbons (Fsp3) is 0.312. The highest BCUT2D eigenvalue weighted by atomic mass is 35.5. The van der Waals surface area contributed by atoms with E-state index >= 15 is 0 Å². The van der Waals surface area contributed by atoms with Crippen molar-refractivity contribution in [2.24, 2.45) is 5.92 Å². The van der Waals surface area contributed by atoms with Crippen LogP contribution in [0.15, 0.2) is 29.0 Å². The van der Waals surface area contributed by atoms with Gasteiger partial charge in [0.2, 0.25) is 0 Å². The molecule has 1 unspecified atom stereocenters. The quantitative estimate of drug-likeness (QED) is 0.872. The van der Waals surface area contributed by atoms with Gasteiger partial charge in [-0.3, -0.25) is 14.6 Å². The number of carboxylic acid groups (broad SMARTS) is 1. The second-order valence-corrected chi connectivity index (χ2v) is 6.20. The van der Waals surface area contributed by atoms with Gasteiger partial charge in [-0.25, -0.2) is 0 Å². The average molecular weight is 389 g/mol. The first-order chi connectivity index (χ1) is 10.6. The topological polar surface area (TPSA) is 70.5 Å². The lowest BCUT2D eigenvalue weighted by molar-refractivity contribution is -0.141. The summed E-state index contributed by atoms with van der Waals surface area (Å²) in [4.78, 5) is 29.6. The number of hydrogen-bond acceptors (Lipinski definition) is 4. The smallest absolute Gasteiger partial charge is 0.308 e. The van der Waals surface area contributed by atoms with Crippen LogP contribution in [0.1, 0.15) is 22.5 Å². The second kappa shape index (κ2) is 8.46. The first kappa shape index (κ1) is 20.4. The Hall–Kier alpha value is -1.63. The SMILES string of the molecule is Cc1nc(-c2ccsc2)ccc1C(=O)N1CCC(C(=O)O)C1.Cl.Cl. The number of likely N-dealkylation sites (tertiary alicyclic amines) is 1. The van der Waals surface area contributed by atoms with Gasteiger partial charge in [0.05, 0.1) is 22.9 Å². The van der Waals surface area contributed by atoms with Crippen LogP contribution in [0.3, 0.4) is 0 Å². The van der Waals surface area contributed by atoms with E-state index in [0.29, 0.717) is 24.2 Å². The molecule has 3 heterocycles. The molecule has 0 saturated carbocycles. The van der Waals surface area contributed by atoms with Crippen molar-refractivity contribution in [2.45, 2.75) is 13.3 Å². The van der Waals surface area contributed by atoms with Gasteiger partial charge < -0.3 is 10.0 Å². The summed E-state index contributed by atoms with van der Waals surface area (Å²) >= 11 is 1.60. The molecule has 1 amide bonds. The summed E-state index contributed by atoms with van der Waals surface area (Å²) in [7, 11) is 0. The van der Waals surface area contributed by atoms with Crippen molar-refractivity contribution in [3.63, 3.8) is 0 Å². The predicted molar refractivity (Wildman–Crippen MR) is 98.4 cm³/mol. The first-order valence-corrected chi connectivity index (χ1v) is 8.03. The molecule has 1 fully saturated rings. The number of hydrogen-bond donors (Lipinski definition) is 1. The third kappa shape index (κ3) is 4.06. The van der Waals surface area contributed by atoms with E-state index < -0.39 is 11.9 Å². The molecule has 1 atom stereocenters. The molecule has 0 aliphatic carbocycles. The lowest BCUT2D eigenvalue weighted by atomic mass is 10.1. The summed E-state index contributed by atoms with van der Waals surface area (Å²) in [5, 5.41) is 13.0. The molecule has 130 valence electrons. The number of aryl methyl sites for hydroxylation is 1. The van der Waals surface area contributed by atoms with Crippen LogP contribution in [0.25, 0.3) is 11.3 Å². The maximum Gasteiger partial charge on any atom is 0.308 e. The molecule has 1 saturated heterocycles. The molecule has 1 aliphatic rings. The van der Waals surface area contributed by atoms with Gasteiger partial charge >= 0.3 is 5.97 Å². The standard InChI is InChI=1S/C16H16N2O3S.2ClH/c1-10-13(2-3-14(17-10)12-5-7-22-9-12)15(19)18-6-4-11(8-18)16(20)21;;/h2-3,5,7,9,11H,4,6,8H2,1H3,(H,20,21);2*1H. The van der Waals surface area contributed by atoms with Gasteiger partial charge in [0.15, 0.2) is 0 Å². The van der Waals surface area contributed by atoms with Gasteiger partial charge in [-0.15, -0.1) is 24.8 Å². The molecule has 0 spiro atoms. The number of aromatic nitrogens is 1. The lowest BCUT2D eigenvalue weighted by Gasteiger charge is -2.17. The van der Waals surface area contributed by atoms with Crippen LogP contribution in [-0.2, 0) is 4.79 Å². The van der Waals surface area contributed by atoms with E-state index in [1.54, 1.807) is 22.3 Å². The molecule has 24 heavy (non-hydrogen) atoms. The number of amides is 1. The second-order valence-electron chi connectivity index (χ2n) is 5.42. The summed E-state index contributed by atoms with van der Waals surface area (Å²) < 4.78 is 0. The Morgan fingerprint density at radius 2 is 2.04 bits per heavy atom. The van der Waals surface area contributed by atoms with E-state index in [9.17, 15) is 9.59 Å². The summed E-state index contributed by atoms with van der Waals surface area (Å²) in [6.45, 7) is 2.58. The van der Waals surface area contributed by atoms with Gasteiger partial charge in [0, 0.05) is 24.0 Å². The number of rotatable bonds is 3. The number of aliphatic carboxylic acids is 1. The van der Waals surface area contributed by atoms with Gasteiger partial charge in [0.25, 0.3) is 5.91 Å². The molecule has 0 radical (unpaired) electrons. The molecule has 0 aromatic carbocycles. The predicted octanol–water partition coefficient (Wildman–Crippen LogP) is 3.51. The van der Waals surface area contributed by atoms with Crippen molar-refractivity contribution in [3.8, 4) is 11.3 Å². The van der Waals surface area contributed by atoms with Crippen LogP contribution in [-0.4, -0.2) is 40.0 Å². The van der Waals surface area contributed by atoms with Crippen LogP contribution in [0.2, 0.25) is 0 Å². The number of carbonyl (C=O) groups excluding carboxylic acids is 1. The highest BCUT2D eigenvalue weighted by Gasteiger charge is 2.31. The van der Waals surface area contributed by atoms with Crippen LogP contribution >= 0.6 is 36.2 Å². The number of thiophene rings is 1. The van der Waals surface area contributed by atoms with Crippen molar-refractivity contribution in [2.75, 3.05) is 13.1 Å². The van der Waals surface area contributed by atoms with Crippen LogP contribution in [0.5, 0.6) is 0 Å². The molecule has 2 aromatic heterocycles. The molecular formula is C16H18Cl2N2O3S. The van der Waals surface area contributed by atoms with Crippen LogP contribution < -0.4 is 0 Å². The largest absolute Gasteiger partial charge is 0.481 e. The van der Waals surface area contributed by atoms with Crippen LogP contribution in [0.4, 0.5) is 0 Å². The number of halogens is 2. The molecule has 1 aliphatic heterocycles. The molecule has 2 aromatic rings. The van der Waals surface area contributed by atoms with E-state index in [-0.39, 0.29) is 37.3 Å². The van der Waals surface area contributed by atoms with E-state index in [1.165, 1.54) is 0 Å². The van der Waals surface area contributed by atoms with E-state index in [2.05, 4.69) is 4.98 Å². The molecule has 8 heteroatoms. The van der Waals surface area contributed by atoms with E-state index in [0.717, 1.165) is 11.3 Å². The minimum absolute atomic E-state index is 0. The maximum absolute atomic E-state index is 12.5. The summed E-state index contributed by atoms with van der Waals surface area (Å²) in [5.74, 6) is -1.43.